The number of ketones is 1. The van der Waals surface area contributed by atoms with Crippen molar-refractivity contribution in [1.82, 2.24) is 0 Å². The summed E-state index contributed by atoms with van der Waals surface area (Å²) in [4.78, 5) is 12.6. The number of aryl methyl sites for hydroxylation is 1. The molecule has 2 N–H and O–H groups in total. The van der Waals surface area contributed by atoms with Gasteiger partial charge in [0.05, 0.1) is 0 Å². The molecule has 0 aromatic heterocycles. The molecule has 2 heteroatoms. The van der Waals surface area contributed by atoms with Crippen LogP contribution in [0.4, 0.5) is 5.69 Å². The van der Waals surface area contributed by atoms with E-state index in [-0.39, 0.29) is 11.7 Å². The smallest absolute Gasteiger partial charge is 0.170 e. The van der Waals surface area contributed by atoms with Crippen molar-refractivity contribution in [2.24, 2.45) is 0 Å². The van der Waals surface area contributed by atoms with E-state index in [9.17, 15) is 4.79 Å². The lowest BCUT2D eigenvalue weighted by atomic mass is 9.88. The Morgan fingerprint density at radius 1 is 1.16 bits per heavy atom. The molecule has 1 unspecified atom stereocenters. The Bertz CT molecular complexity index is 575. The SMILES string of the molecule is CCC(C(=O)c1ccc(N)c(C)c1)c1ccccc1. The van der Waals surface area contributed by atoms with Crippen molar-refractivity contribution in [1.29, 1.82) is 0 Å². The predicted molar refractivity (Wildman–Crippen MR) is 79.4 cm³/mol. The van der Waals surface area contributed by atoms with Gasteiger partial charge in [0.2, 0.25) is 0 Å². The molecule has 0 bridgehead atoms. The van der Waals surface area contributed by atoms with Crippen molar-refractivity contribution in [2.75, 3.05) is 5.73 Å². The Balaban J connectivity index is 2.33. The van der Waals surface area contributed by atoms with Crippen molar-refractivity contribution in [2.45, 2.75) is 26.2 Å². The fourth-order valence-corrected chi connectivity index (χ4v) is 2.29. The maximum atomic E-state index is 12.6. The molecule has 19 heavy (non-hydrogen) atoms. The Kier molecular flexibility index (Phi) is 4.00. The Labute approximate surface area is 114 Å². The van der Waals surface area contributed by atoms with E-state index in [0.29, 0.717) is 0 Å². The van der Waals surface area contributed by atoms with Crippen molar-refractivity contribution in [3.63, 3.8) is 0 Å². The lowest BCUT2D eigenvalue weighted by molar-refractivity contribution is 0.0957. The lowest BCUT2D eigenvalue weighted by Gasteiger charge is -2.15. The van der Waals surface area contributed by atoms with E-state index in [1.165, 1.54) is 0 Å². The second kappa shape index (κ2) is 5.70. The van der Waals surface area contributed by atoms with Gasteiger partial charge in [-0.05, 0) is 42.7 Å². The number of rotatable bonds is 4. The second-order valence-corrected chi connectivity index (χ2v) is 4.81. The fraction of sp³-hybridized carbons (Fsp3) is 0.235. The summed E-state index contributed by atoms with van der Waals surface area (Å²) in [5.74, 6) is 0.0843. The van der Waals surface area contributed by atoms with Gasteiger partial charge in [-0.25, -0.2) is 0 Å². The molecule has 0 aliphatic rings. The van der Waals surface area contributed by atoms with Crippen molar-refractivity contribution < 1.29 is 4.79 Å². The summed E-state index contributed by atoms with van der Waals surface area (Å²) in [5.41, 5.74) is 9.29. The normalized spacial score (nSPS) is 12.1. The second-order valence-electron chi connectivity index (χ2n) is 4.81. The first-order chi connectivity index (χ1) is 9.13. The van der Waals surface area contributed by atoms with Gasteiger partial charge in [0.15, 0.2) is 5.78 Å². The fourth-order valence-electron chi connectivity index (χ4n) is 2.29. The highest BCUT2D eigenvalue weighted by Crippen LogP contribution is 2.25. The molecule has 0 amide bonds. The molecule has 0 aliphatic carbocycles. The molecule has 0 aliphatic heterocycles. The summed E-state index contributed by atoms with van der Waals surface area (Å²) >= 11 is 0. The molecule has 2 aromatic carbocycles. The summed E-state index contributed by atoms with van der Waals surface area (Å²) in [6.07, 6.45) is 0.798. The van der Waals surface area contributed by atoms with E-state index in [1.54, 1.807) is 6.07 Å². The van der Waals surface area contributed by atoms with Crippen LogP contribution < -0.4 is 5.73 Å². The van der Waals surface area contributed by atoms with Gasteiger partial charge < -0.3 is 5.73 Å². The van der Waals surface area contributed by atoms with Gasteiger partial charge in [0.25, 0.3) is 0 Å². The molecule has 0 heterocycles. The first-order valence-electron chi connectivity index (χ1n) is 6.58. The average molecular weight is 253 g/mol. The highest BCUT2D eigenvalue weighted by Gasteiger charge is 2.20. The molecule has 0 fully saturated rings. The zero-order valence-corrected chi connectivity index (χ0v) is 11.4. The third kappa shape index (κ3) is 2.84. The summed E-state index contributed by atoms with van der Waals surface area (Å²) in [7, 11) is 0. The highest BCUT2D eigenvalue weighted by atomic mass is 16.1. The maximum absolute atomic E-state index is 12.6. The number of hydrogen-bond donors (Lipinski definition) is 1. The number of benzene rings is 2. The van der Waals surface area contributed by atoms with Gasteiger partial charge in [-0.1, -0.05) is 37.3 Å². The van der Waals surface area contributed by atoms with Gasteiger partial charge >= 0.3 is 0 Å². The molecule has 0 radical (unpaired) electrons. The number of nitrogens with two attached hydrogens (primary N) is 1. The molecule has 98 valence electrons. The molecule has 0 spiro atoms. The standard InChI is InChI=1S/C17H19NO/c1-3-15(13-7-5-4-6-8-13)17(19)14-9-10-16(18)12(2)11-14/h4-11,15H,3,18H2,1-2H3. The molecule has 1 atom stereocenters. The van der Waals surface area contributed by atoms with Crippen molar-refractivity contribution in [3.05, 3.63) is 65.2 Å². The number of anilines is 1. The molecular formula is C17H19NO. The molecule has 2 rings (SSSR count). The average Bonchev–Trinajstić information content (AvgIpc) is 2.44. The summed E-state index contributed by atoms with van der Waals surface area (Å²) in [6.45, 7) is 3.97. The minimum atomic E-state index is -0.0794. The first-order valence-corrected chi connectivity index (χ1v) is 6.58. The van der Waals surface area contributed by atoms with Crippen LogP contribution in [0.25, 0.3) is 0 Å². The van der Waals surface area contributed by atoms with Crippen molar-refractivity contribution in [3.8, 4) is 0 Å². The Morgan fingerprint density at radius 3 is 2.42 bits per heavy atom. The van der Waals surface area contributed by atoms with Crippen LogP contribution in [0.5, 0.6) is 0 Å². The van der Waals surface area contributed by atoms with E-state index < -0.39 is 0 Å². The summed E-state index contributed by atoms with van der Waals surface area (Å²) < 4.78 is 0. The molecule has 0 saturated carbocycles. The Hall–Kier alpha value is -2.09. The number of carbonyl (C=O) groups is 1. The van der Waals surface area contributed by atoms with Crippen LogP contribution in [-0.4, -0.2) is 5.78 Å². The van der Waals surface area contributed by atoms with Crippen LogP contribution in [0, 0.1) is 6.92 Å². The number of carbonyl (C=O) groups excluding carboxylic acids is 1. The molecule has 0 saturated heterocycles. The van der Waals surface area contributed by atoms with Gasteiger partial charge in [-0.2, -0.15) is 0 Å². The van der Waals surface area contributed by atoms with Gasteiger partial charge in [0.1, 0.15) is 0 Å². The third-order valence-electron chi connectivity index (χ3n) is 3.48. The molecular weight excluding hydrogens is 234 g/mol. The highest BCUT2D eigenvalue weighted by molar-refractivity contribution is 6.01. The van der Waals surface area contributed by atoms with E-state index in [4.69, 9.17) is 5.73 Å². The number of nitrogen functional groups attached to an aromatic ring is 1. The van der Waals surface area contributed by atoms with E-state index in [2.05, 4.69) is 0 Å². The van der Waals surface area contributed by atoms with Gasteiger partial charge in [-0.3, -0.25) is 4.79 Å². The van der Waals surface area contributed by atoms with Crippen LogP contribution in [0.15, 0.2) is 48.5 Å². The summed E-state index contributed by atoms with van der Waals surface area (Å²) in [6, 6.07) is 15.4. The van der Waals surface area contributed by atoms with Gasteiger partial charge in [-0.15, -0.1) is 0 Å². The minimum Gasteiger partial charge on any atom is -0.399 e. The molecule has 2 aromatic rings. The van der Waals surface area contributed by atoms with Crippen LogP contribution in [0.3, 0.4) is 0 Å². The molecule has 2 nitrogen and oxygen atoms in total. The van der Waals surface area contributed by atoms with Crippen molar-refractivity contribution >= 4 is 11.5 Å². The summed E-state index contributed by atoms with van der Waals surface area (Å²) in [5, 5.41) is 0. The topological polar surface area (TPSA) is 43.1 Å². The first kappa shape index (κ1) is 13.3. The number of Topliss-reactive ketones (excluding diaryl/α,β-unsaturated/α-hetero) is 1. The van der Waals surface area contributed by atoms with Gasteiger partial charge in [0, 0.05) is 17.2 Å². The van der Waals surface area contributed by atoms with Crippen LogP contribution in [0.2, 0.25) is 0 Å². The van der Waals surface area contributed by atoms with Crippen LogP contribution >= 0.6 is 0 Å². The van der Waals surface area contributed by atoms with E-state index in [1.807, 2.05) is 56.3 Å². The van der Waals surface area contributed by atoms with E-state index in [0.717, 1.165) is 28.8 Å². The minimum absolute atomic E-state index is 0.0794. The quantitative estimate of drug-likeness (QED) is 0.662. The van der Waals surface area contributed by atoms with Crippen LogP contribution in [0.1, 0.15) is 40.7 Å². The Morgan fingerprint density at radius 2 is 1.84 bits per heavy atom. The van der Waals surface area contributed by atoms with E-state index >= 15 is 0 Å². The zero-order chi connectivity index (χ0) is 13.8. The van der Waals surface area contributed by atoms with Crippen LogP contribution in [-0.2, 0) is 0 Å². The third-order valence-corrected chi connectivity index (χ3v) is 3.48. The maximum Gasteiger partial charge on any atom is 0.170 e. The monoisotopic (exact) mass is 253 g/mol. The predicted octanol–water partition coefficient (Wildman–Crippen LogP) is 3.95. The largest absolute Gasteiger partial charge is 0.399 e. The lowest BCUT2D eigenvalue weighted by Crippen LogP contribution is -2.12. The number of hydrogen-bond acceptors (Lipinski definition) is 2. The zero-order valence-electron chi connectivity index (χ0n) is 11.4.